The normalized spacial score (nSPS) is 19.7. The Morgan fingerprint density at radius 2 is 2.21 bits per heavy atom. The summed E-state index contributed by atoms with van der Waals surface area (Å²) in [5.74, 6) is 2.42. The smallest absolute Gasteiger partial charge is 0.122 e. The molecular formula is C17H27NO. The van der Waals surface area contributed by atoms with Gasteiger partial charge >= 0.3 is 0 Å². The molecule has 1 atom stereocenters. The van der Waals surface area contributed by atoms with Crippen LogP contribution in [0.15, 0.2) is 18.2 Å². The molecule has 0 saturated carbocycles. The summed E-state index contributed by atoms with van der Waals surface area (Å²) in [6.07, 6.45) is 3.83. The first-order valence-corrected chi connectivity index (χ1v) is 7.61. The van der Waals surface area contributed by atoms with E-state index in [-0.39, 0.29) is 0 Å². The average Bonchev–Trinajstić information content (AvgIpc) is 2.42. The van der Waals surface area contributed by atoms with E-state index in [2.05, 4.69) is 44.3 Å². The molecule has 1 fully saturated rings. The standard InChI is InChI=1S/C17H27NO/c1-13(2)16-7-6-14(3)17(11-16)19-10-8-15-5-4-9-18-12-15/h6-7,11,13,15,18H,4-5,8-10,12H2,1-3H3. The van der Waals surface area contributed by atoms with E-state index in [1.807, 2.05) is 0 Å². The molecule has 1 aromatic carbocycles. The van der Waals surface area contributed by atoms with Gasteiger partial charge in [0.15, 0.2) is 0 Å². The summed E-state index contributed by atoms with van der Waals surface area (Å²) in [6.45, 7) is 9.77. The fourth-order valence-electron chi connectivity index (χ4n) is 2.64. The molecule has 0 aliphatic carbocycles. The van der Waals surface area contributed by atoms with E-state index >= 15 is 0 Å². The highest BCUT2D eigenvalue weighted by Crippen LogP contribution is 2.25. The van der Waals surface area contributed by atoms with Crippen molar-refractivity contribution in [2.45, 2.75) is 46.0 Å². The zero-order valence-corrected chi connectivity index (χ0v) is 12.5. The van der Waals surface area contributed by atoms with Crippen molar-refractivity contribution in [2.24, 2.45) is 5.92 Å². The van der Waals surface area contributed by atoms with Crippen LogP contribution < -0.4 is 10.1 Å². The fourth-order valence-corrected chi connectivity index (χ4v) is 2.64. The average molecular weight is 261 g/mol. The van der Waals surface area contributed by atoms with Crippen molar-refractivity contribution in [2.75, 3.05) is 19.7 Å². The Bertz CT molecular complexity index is 394. The number of benzene rings is 1. The third-order valence-electron chi connectivity index (χ3n) is 4.06. The highest BCUT2D eigenvalue weighted by atomic mass is 16.5. The van der Waals surface area contributed by atoms with E-state index in [0.29, 0.717) is 5.92 Å². The topological polar surface area (TPSA) is 21.3 Å². The Labute approximate surface area is 117 Å². The van der Waals surface area contributed by atoms with Crippen molar-refractivity contribution < 1.29 is 4.74 Å². The summed E-state index contributed by atoms with van der Waals surface area (Å²) in [4.78, 5) is 0. The maximum absolute atomic E-state index is 6.00. The van der Waals surface area contributed by atoms with Crippen LogP contribution in [0, 0.1) is 12.8 Å². The van der Waals surface area contributed by atoms with Crippen molar-refractivity contribution in [1.82, 2.24) is 5.32 Å². The molecule has 2 rings (SSSR count). The van der Waals surface area contributed by atoms with Crippen LogP contribution >= 0.6 is 0 Å². The summed E-state index contributed by atoms with van der Waals surface area (Å²) < 4.78 is 6.00. The van der Waals surface area contributed by atoms with Crippen LogP contribution in [0.4, 0.5) is 0 Å². The van der Waals surface area contributed by atoms with Crippen molar-refractivity contribution in [3.63, 3.8) is 0 Å². The number of rotatable bonds is 5. The number of aryl methyl sites for hydroxylation is 1. The van der Waals surface area contributed by atoms with E-state index in [0.717, 1.165) is 24.8 Å². The van der Waals surface area contributed by atoms with Crippen molar-refractivity contribution in [3.8, 4) is 5.75 Å². The van der Waals surface area contributed by atoms with Crippen molar-refractivity contribution in [3.05, 3.63) is 29.3 Å². The van der Waals surface area contributed by atoms with Crippen molar-refractivity contribution >= 4 is 0 Å². The minimum Gasteiger partial charge on any atom is -0.493 e. The first-order valence-electron chi connectivity index (χ1n) is 7.61. The number of hydrogen-bond acceptors (Lipinski definition) is 2. The molecule has 1 saturated heterocycles. The van der Waals surface area contributed by atoms with Crippen LogP contribution in [-0.4, -0.2) is 19.7 Å². The van der Waals surface area contributed by atoms with Gasteiger partial charge in [0.05, 0.1) is 6.61 Å². The van der Waals surface area contributed by atoms with Gasteiger partial charge in [-0.1, -0.05) is 26.0 Å². The van der Waals surface area contributed by atoms with Crippen molar-refractivity contribution in [1.29, 1.82) is 0 Å². The molecule has 0 radical (unpaired) electrons. The van der Waals surface area contributed by atoms with Gasteiger partial charge in [-0.3, -0.25) is 0 Å². The van der Waals surface area contributed by atoms with Crippen LogP contribution in [0.1, 0.15) is 50.2 Å². The zero-order chi connectivity index (χ0) is 13.7. The second-order valence-electron chi connectivity index (χ2n) is 6.03. The van der Waals surface area contributed by atoms with Crippen LogP contribution in [0.5, 0.6) is 5.75 Å². The minimum atomic E-state index is 0.561. The largest absolute Gasteiger partial charge is 0.493 e. The van der Waals surface area contributed by atoms with Gasteiger partial charge in [0, 0.05) is 0 Å². The highest BCUT2D eigenvalue weighted by Gasteiger charge is 2.13. The molecule has 0 amide bonds. The Morgan fingerprint density at radius 3 is 2.89 bits per heavy atom. The summed E-state index contributed by atoms with van der Waals surface area (Å²) in [7, 11) is 0. The molecule has 1 N–H and O–H groups in total. The molecule has 1 heterocycles. The Hall–Kier alpha value is -1.02. The molecule has 106 valence electrons. The second kappa shape index (κ2) is 6.95. The summed E-state index contributed by atoms with van der Waals surface area (Å²) in [5, 5.41) is 3.46. The van der Waals surface area contributed by atoms with Gasteiger partial charge in [0.2, 0.25) is 0 Å². The lowest BCUT2D eigenvalue weighted by Gasteiger charge is -2.23. The third-order valence-corrected chi connectivity index (χ3v) is 4.06. The molecule has 19 heavy (non-hydrogen) atoms. The van der Waals surface area contributed by atoms with Gasteiger partial charge in [-0.15, -0.1) is 0 Å². The minimum absolute atomic E-state index is 0.561. The maximum atomic E-state index is 6.00. The van der Waals surface area contributed by atoms with E-state index in [1.54, 1.807) is 0 Å². The lowest BCUT2D eigenvalue weighted by molar-refractivity contribution is 0.253. The lowest BCUT2D eigenvalue weighted by Crippen LogP contribution is -2.30. The van der Waals surface area contributed by atoms with E-state index in [1.165, 1.54) is 36.9 Å². The van der Waals surface area contributed by atoms with Crippen LogP contribution in [0.2, 0.25) is 0 Å². The number of hydrogen-bond donors (Lipinski definition) is 1. The Morgan fingerprint density at radius 1 is 1.37 bits per heavy atom. The quantitative estimate of drug-likeness (QED) is 0.868. The maximum Gasteiger partial charge on any atom is 0.122 e. The van der Waals surface area contributed by atoms with Crippen LogP contribution in [0.25, 0.3) is 0 Å². The molecule has 0 spiro atoms. The highest BCUT2D eigenvalue weighted by molar-refractivity contribution is 5.37. The second-order valence-corrected chi connectivity index (χ2v) is 6.03. The van der Waals surface area contributed by atoms with Crippen LogP contribution in [-0.2, 0) is 0 Å². The van der Waals surface area contributed by atoms with Gasteiger partial charge in [0.25, 0.3) is 0 Å². The van der Waals surface area contributed by atoms with Gasteiger partial charge in [-0.05, 0) is 68.3 Å². The molecule has 0 bridgehead atoms. The number of nitrogens with one attached hydrogen (secondary N) is 1. The van der Waals surface area contributed by atoms with Gasteiger partial charge < -0.3 is 10.1 Å². The molecule has 1 aliphatic rings. The Kier molecular flexibility index (Phi) is 5.26. The molecule has 1 aromatic rings. The first kappa shape index (κ1) is 14.4. The SMILES string of the molecule is Cc1ccc(C(C)C)cc1OCCC1CCCNC1. The van der Waals surface area contributed by atoms with Gasteiger partial charge in [-0.25, -0.2) is 0 Å². The molecule has 1 unspecified atom stereocenters. The summed E-state index contributed by atoms with van der Waals surface area (Å²) in [5.41, 5.74) is 2.60. The first-order chi connectivity index (χ1) is 9.16. The van der Waals surface area contributed by atoms with E-state index in [9.17, 15) is 0 Å². The van der Waals surface area contributed by atoms with Gasteiger partial charge in [0.1, 0.15) is 5.75 Å². The monoisotopic (exact) mass is 261 g/mol. The number of piperidine rings is 1. The molecule has 2 nitrogen and oxygen atoms in total. The predicted molar refractivity (Wildman–Crippen MR) is 81.0 cm³/mol. The van der Waals surface area contributed by atoms with Crippen LogP contribution in [0.3, 0.4) is 0 Å². The fraction of sp³-hybridized carbons (Fsp3) is 0.647. The summed E-state index contributed by atoms with van der Waals surface area (Å²) >= 11 is 0. The predicted octanol–water partition coefficient (Wildman–Crippen LogP) is 3.89. The van der Waals surface area contributed by atoms with E-state index < -0.39 is 0 Å². The lowest BCUT2D eigenvalue weighted by atomic mass is 9.97. The van der Waals surface area contributed by atoms with Gasteiger partial charge in [-0.2, -0.15) is 0 Å². The Balaban J connectivity index is 1.86. The summed E-state index contributed by atoms with van der Waals surface area (Å²) in [6, 6.07) is 6.59. The molecule has 0 aromatic heterocycles. The zero-order valence-electron chi connectivity index (χ0n) is 12.5. The molecular weight excluding hydrogens is 234 g/mol. The third kappa shape index (κ3) is 4.24. The molecule has 1 aliphatic heterocycles. The molecule has 2 heteroatoms. The van der Waals surface area contributed by atoms with E-state index in [4.69, 9.17) is 4.74 Å². The number of ether oxygens (including phenoxy) is 1.